The molecule has 0 saturated heterocycles. The van der Waals surface area contributed by atoms with Gasteiger partial charge in [-0.1, -0.05) is 5.11 Å². The van der Waals surface area contributed by atoms with Crippen LogP contribution in [-0.2, 0) is 9.53 Å². The Labute approximate surface area is 81.5 Å². The summed E-state index contributed by atoms with van der Waals surface area (Å²) in [5.41, 5.74) is 8.20. The van der Waals surface area contributed by atoms with Gasteiger partial charge in [0, 0.05) is 4.91 Å². The van der Waals surface area contributed by atoms with Crippen molar-refractivity contribution in [2.75, 3.05) is 6.61 Å². The predicted molar refractivity (Wildman–Crippen MR) is 48.3 cm³/mol. The lowest BCUT2D eigenvalue weighted by molar-refractivity contribution is -0.148. The van der Waals surface area contributed by atoms with Crippen LogP contribution in [0.4, 0.5) is 0 Å². The quantitative estimate of drug-likeness (QED) is 0.318. The molecular weight excluding hydrogens is 186 g/mol. The van der Waals surface area contributed by atoms with Crippen molar-refractivity contribution in [1.82, 2.24) is 0 Å². The van der Waals surface area contributed by atoms with Crippen molar-refractivity contribution in [3.05, 3.63) is 10.4 Å². The number of esters is 1. The molecule has 6 heteroatoms. The standard InChI is InChI=1S/C8H13N3O3/c1-2-14-8(13)5-3-6(10-11-9)7(12)4-5/h5-7,12H,2-4H2,1H3/t5-,6+,7+/m0/s1. The van der Waals surface area contributed by atoms with Gasteiger partial charge in [0.2, 0.25) is 0 Å². The van der Waals surface area contributed by atoms with Crippen LogP contribution in [0.1, 0.15) is 19.8 Å². The predicted octanol–water partition coefficient (Wildman–Crippen LogP) is 0.999. The Morgan fingerprint density at radius 1 is 1.71 bits per heavy atom. The number of carbonyl (C=O) groups excluding carboxylic acids is 1. The van der Waals surface area contributed by atoms with Crippen molar-refractivity contribution in [1.29, 1.82) is 0 Å². The zero-order valence-corrected chi connectivity index (χ0v) is 7.96. The smallest absolute Gasteiger partial charge is 0.309 e. The molecule has 0 radical (unpaired) electrons. The van der Waals surface area contributed by atoms with E-state index >= 15 is 0 Å². The Hall–Kier alpha value is -1.26. The zero-order chi connectivity index (χ0) is 10.6. The molecule has 1 aliphatic rings. The van der Waals surface area contributed by atoms with Gasteiger partial charge < -0.3 is 9.84 Å². The summed E-state index contributed by atoms with van der Waals surface area (Å²) < 4.78 is 4.82. The first-order valence-electron chi connectivity index (χ1n) is 4.58. The third-order valence-corrected chi connectivity index (χ3v) is 2.32. The van der Waals surface area contributed by atoms with E-state index in [1.807, 2.05) is 0 Å². The van der Waals surface area contributed by atoms with Crippen LogP contribution in [-0.4, -0.2) is 29.8 Å². The molecule has 0 bridgehead atoms. The normalized spacial score (nSPS) is 30.9. The number of nitrogens with zero attached hydrogens (tertiary/aromatic N) is 3. The minimum Gasteiger partial charge on any atom is -0.466 e. The molecule has 3 atom stereocenters. The van der Waals surface area contributed by atoms with E-state index in [-0.39, 0.29) is 11.9 Å². The molecular formula is C8H13N3O3. The molecule has 1 saturated carbocycles. The second-order valence-electron chi connectivity index (χ2n) is 3.26. The average molecular weight is 199 g/mol. The highest BCUT2D eigenvalue weighted by atomic mass is 16.5. The molecule has 1 rings (SSSR count). The molecule has 0 unspecified atom stereocenters. The van der Waals surface area contributed by atoms with Gasteiger partial charge in [-0.05, 0) is 25.3 Å². The molecule has 0 aliphatic heterocycles. The minimum atomic E-state index is -0.722. The fourth-order valence-electron chi connectivity index (χ4n) is 1.64. The molecule has 1 aliphatic carbocycles. The van der Waals surface area contributed by atoms with Crippen LogP contribution < -0.4 is 0 Å². The van der Waals surface area contributed by atoms with Crippen LogP contribution >= 0.6 is 0 Å². The van der Waals surface area contributed by atoms with Crippen molar-refractivity contribution in [2.24, 2.45) is 11.0 Å². The maximum atomic E-state index is 11.3. The summed E-state index contributed by atoms with van der Waals surface area (Å²) in [7, 11) is 0. The molecule has 0 aromatic carbocycles. The molecule has 0 spiro atoms. The summed E-state index contributed by atoms with van der Waals surface area (Å²) in [6.07, 6.45) is -0.0210. The summed E-state index contributed by atoms with van der Waals surface area (Å²) in [5.74, 6) is -0.650. The van der Waals surface area contributed by atoms with Crippen molar-refractivity contribution >= 4 is 5.97 Å². The van der Waals surface area contributed by atoms with Crippen LogP contribution in [0.3, 0.4) is 0 Å². The Kier molecular flexibility index (Phi) is 3.73. The van der Waals surface area contributed by atoms with E-state index in [0.29, 0.717) is 19.4 Å². The Morgan fingerprint density at radius 2 is 2.43 bits per heavy atom. The number of aliphatic hydroxyl groups is 1. The van der Waals surface area contributed by atoms with Gasteiger partial charge in [-0.15, -0.1) is 0 Å². The molecule has 0 heterocycles. The maximum Gasteiger partial charge on any atom is 0.309 e. The summed E-state index contributed by atoms with van der Waals surface area (Å²) in [4.78, 5) is 13.9. The van der Waals surface area contributed by atoms with Gasteiger partial charge in [-0.25, -0.2) is 0 Å². The van der Waals surface area contributed by atoms with E-state index in [9.17, 15) is 9.90 Å². The first kappa shape index (κ1) is 10.8. The highest BCUT2D eigenvalue weighted by molar-refractivity contribution is 5.73. The second-order valence-corrected chi connectivity index (χ2v) is 3.26. The van der Waals surface area contributed by atoms with Crippen molar-refractivity contribution in [3.63, 3.8) is 0 Å². The van der Waals surface area contributed by atoms with E-state index in [2.05, 4.69) is 10.0 Å². The first-order chi connectivity index (χ1) is 6.69. The van der Waals surface area contributed by atoms with Gasteiger partial charge in [0.1, 0.15) is 0 Å². The molecule has 1 fully saturated rings. The lowest BCUT2D eigenvalue weighted by Crippen LogP contribution is -2.15. The van der Waals surface area contributed by atoms with Crippen LogP contribution in [0, 0.1) is 5.92 Å². The van der Waals surface area contributed by atoms with Crippen molar-refractivity contribution in [2.45, 2.75) is 31.9 Å². The van der Waals surface area contributed by atoms with Crippen LogP contribution in [0.25, 0.3) is 10.4 Å². The van der Waals surface area contributed by atoms with E-state index in [1.54, 1.807) is 6.92 Å². The van der Waals surface area contributed by atoms with Gasteiger partial charge in [0.05, 0.1) is 24.7 Å². The topological polar surface area (TPSA) is 95.3 Å². The van der Waals surface area contributed by atoms with Crippen LogP contribution in [0.2, 0.25) is 0 Å². The zero-order valence-electron chi connectivity index (χ0n) is 7.96. The van der Waals surface area contributed by atoms with Crippen molar-refractivity contribution in [3.8, 4) is 0 Å². The number of ether oxygens (including phenoxy) is 1. The van der Waals surface area contributed by atoms with Crippen LogP contribution in [0.15, 0.2) is 5.11 Å². The number of aliphatic hydroxyl groups excluding tert-OH is 1. The van der Waals surface area contributed by atoms with Crippen molar-refractivity contribution < 1.29 is 14.6 Å². The fourth-order valence-corrected chi connectivity index (χ4v) is 1.64. The highest BCUT2D eigenvalue weighted by Gasteiger charge is 2.37. The highest BCUT2D eigenvalue weighted by Crippen LogP contribution is 2.29. The number of azide groups is 1. The first-order valence-corrected chi connectivity index (χ1v) is 4.58. The Balaban J connectivity index is 2.53. The summed E-state index contributed by atoms with van der Waals surface area (Å²) in [6.45, 7) is 2.06. The Bertz CT molecular complexity index is 263. The number of carbonyl (C=O) groups is 1. The molecule has 0 amide bonds. The SMILES string of the molecule is CCOC(=O)[C@@H]1C[C@@H](O)[C@H](N=[N+]=[N-])C1. The third-order valence-electron chi connectivity index (χ3n) is 2.32. The second kappa shape index (κ2) is 4.83. The van der Waals surface area contributed by atoms with E-state index in [1.165, 1.54) is 0 Å². The maximum absolute atomic E-state index is 11.3. The Morgan fingerprint density at radius 3 is 3.00 bits per heavy atom. The van der Waals surface area contributed by atoms with E-state index in [4.69, 9.17) is 10.3 Å². The molecule has 0 aromatic heterocycles. The number of hydrogen-bond donors (Lipinski definition) is 1. The van der Waals surface area contributed by atoms with Crippen LogP contribution in [0.5, 0.6) is 0 Å². The monoisotopic (exact) mass is 199 g/mol. The minimum absolute atomic E-state index is 0.317. The third kappa shape index (κ3) is 2.37. The summed E-state index contributed by atoms with van der Waals surface area (Å²) in [5, 5.41) is 12.9. The van der Waals surface area contributed by atoms with Gasteiger partial charge in [-0.3, -0.25) is 4.79 Å². The number of hydrogen-bond acceptors (Lipinski definition) is 4. The molecule has 14 heavy (non-hydrogen) atoms. The summed E-state index contributed by atoms with van der Waals surface area (Å²) in [6, 6.07) is -0.491. The van der Waals surface area contributed by atoms with E-state index in [0.717, 1.165) is 0 Å². The van der Waals surface area contributed by atoms with Gasteiger partial charge in [0.15, 0.2) is 0 Å². The lowest BCUT2D eigenvalue weighted by atomic mass is 10.1. The van der Waals surface area contributed by atoms with E-state index < -0.39 is 12.1 Å². The molecule has 6 nitrogen and oxygen atoms in total. The molecule has 0 aromatic rings. The molecule has 1 N–H and O–H groups in total. The fraction of sp³-hybridized carbons (Fsp3) is 0.875. The van der Waals surface area contributed by atoms with Gasteiger partial charge >= 0.3 is 5.97 Å². The van der Waals surface area contributed by atoms with Gasteiger partial charge in [-0.2, -0.15) is 0 Å². The average Bonchev–Trinajstić information content (AvgIpc) is 2.49. The van der Waals surface area contributed by atoms with Gasteiger partial charge in [0.25, 0.3) is 0 Å². The largest absolute Gasteiger partial charge is 0.466 e. The summed E-state index contributed by atoms with van der Waals surface area (Å²) >= 11 is 0. The number of rotatable bonds is 3. The lowest BCUT2D eigenvalue weighted by Gasteiger charge is -2.06. The molecule has 78 valence electrons.